The summed E-state index contributed by atoms with van der Waals surface area (Å²) in [5.41, 5.74) is 4.58. The molecule has 1 heterocycles. The van der Waals surface area contributed by atoms with Crippen molar-refractivity contribution in [2.45, 2.75) is 31.2 Å². The minimum Gasteiger partial charge on any atom is -0.481 e. The minimum atomic E-state index is -0.852. The maximum absolute atomic E-state index is 13.1. The topological polar surface area (TPSA) is 95.9 Å². The lowest BCUT2D eigenvalue weighted by Crippen LogP contribution is -2.48. The molecule has 1 saturated heterocycles. The summed E-state index contributed by atoms with van der Waals surface area (Å²) < 4.78 is 5.63. The number of fused-ring (bicyclic) bond motifs is 3. The van der Waals surface area contributed by atoms with E-state index in [1.807, 2.05) is 30.5 Å². The molecule has 1 aliphatic heterocycles. The predicted octanol–water partition coefficient (Wildman–Crippen LogP) is 3.97. The standard InChI is InChI=1S/C26H30N2O5S/c1-34-13-11-23(25(31)28-12-10-17(15-28)14-24(29)30)27-26(32)33-16-22-20-8-4-2-6-18(20)19-7-3-5-9-21(19)22/h2-9,17,22-23H,10-16H2,1H3,(H,27,32)(H,29,30)/t17?,23-/m0/s1. The Morgan fingerprint density at radius 1 is 1.12 bits per heavy atom. The number of carbonyl (C=O) groups excluding carboxylic acids is 2. The summed E-state index contributed by atoms with van der Waals surface area (Å²) in [6.07, 6.45) is 2.55. The Balaban J connectivity index is 1.38. The molecule has 34 heavy (non-hydrogen) atoms. The summed E-state index contributed by atoms with van der Waals surface area (Å²) in [6.45, 7) is 1.11. The molecule has 2 amide bonds. The molecule has 180 valence electrons. The number of carbonyl (C=O) groups is 3. The number of amides is 2. The molecule has 0 saturated carbocycles. The molecule has 2 aliphatic rings. The molecular formula is C26H30N2O5S. The van der Waals surface area contributed by atoms with Crippen LogP contribution in [0, 0.1) is 5.92 Å². The molecule has 8 heteroatoms. The van der Waals surface area contributed by atoms with Crippen LogP contribution in [0.4, 0.5) is 4.79 Å². The average molecular weight is 483 g/mol. The fourth-order valence-electron chi connectivity index (χ4n) is 4.94. The molecule has 2 atom stereocenters. The largest absolute Gasteiger partial charge is 0.481 e. The molecule has 2 aromatic carbocycles. The van der Waals surface area contributed by atoms with Gasteiger partial charge < -0.3 is 20.1 Å². The van der Waals surface area contributed by atoms with Crippen molar-refractivity contribution in [1.82, 2.24) is 10.2 Å². The lowest BCUT2D eigenvalue weighted by atomic mass is 9.98. The SMILES string of the molecule is CSCC[C@H](NC(=O)OCC1c2ccccc2-c2ccccc21)C(=O)N1CCC(CC(=O)O)C1. The van der Waals surface area contributed by atoms with Crippen LogP contribution in [0.5, 0.6) is 0 Å². The molecule has 2 N–H and O–H groups in total. The molecule has 1 fully saturated rings. The molecule has 4 rings (SSSR count). The molecular weight excluding hydrogens is 452 g/mol. The number of alkyl carbamates (subject to hydrolysis) is 1. The molecule has 0 aromatic heterocycles. The fourth-order valence-corrected chi connectivity index (χ4v) is 5.41. The van der Waals surface area contributed by atoms with Gasteiger partial charge in [-0.05, 0) is 53.0 Å². The van der Waals surface area contributed by atoms with Gasteiger partial charge in [0.25, 0.3) is 0 Å². The van der Waals surface area contributed by atoms with Crippen LogP contribution in [0.25, 0.3) is 11.1 Å². The summed E-state index contributed by atoms with van der Waals surface area (Å²) in [5, 5.41) is 11.8. The molecule has 0 radical (unpaired) electrons. The van der Waals surface area contributed by atoms with E-state index in [1.54, 1.807) is 16.7 Å². The predicted molar refractivity (Wildman–Crippen MR) is 132 cm³/mol. The second-order valence-corrected chi connectivity index (χ2v) is 9.83. The van der Waals surface area contributed by atoms with Gasteiger partial charge in [-0.15, -0.1) is 0 Å². The van der Waals surface area contributed by atoms with Crippen molar-refractivity contribution in [3.05, 3.63) is 59.7 Å². The lowest BCUT2D eigenvalue weighted by molar-refractivity contribution is -0.138. The summed E-state index contributed by atoms with van der Waals surface area (Å²) >= 11 is 1.60. The number of hydrogen-bond acceptors (Lipinski definition) is 5. The van der Waals surface area contributed by atoms with E-state index in [4.69, 9.17) is 9.84 Å². The maximum Gasteiger partial charge on any atom is 0.407 e. The second kappa shape index (κ2) is 11.0. The van der Waals surface area contributed by atoms with E-state index >= 15 is 0 Å². The number of rotatable bonds is 9. The van der Waals surface area contributed by atoms with Crippen LogP contribution in [0.3, 0.4) is 0 Å². The Bertz CT molecular complexity index is 1010. The average Bonchev–Trinajstić information content (AvgIpc) is 3.42. The van der Waals surface area contributed by atoms with E-state index in [9.17, 15) is 14.4 Å². The number of aliphatic carboxylic acids is 1. The maximum atomic E-state index is 13.1. The number of hydrogen-bond donors (Lipinski definition) is 2. The van der Waals surface area contributed by atoms with Crippen molar-refractivity contribution < 1.29 is 24.2 Å². The second-order valence-electron chi connectivity index (χ2n) is 8.84. The van der Waals surface area contributed by atoms with Crippen LogP contribution >= 0.6 is 11.8 Å². The third-order valence-electron chi connectivity index (χ3n) is 6.61. The van der Waals surface area contributed by atoms with E-state index in [0.29, 0.717) is 31.7 Å². The summed E-state index contributed by atoms with van der Waals surface area (Å²) in [7, 11) is 0. The van der Waals surface area contributed by atoms with Gasteiger partial charge in [-0.2, -0.15) is 11.8 Å². The summed E-state index contributed by atoms with van der Waals surface area (Å²) in [4.78, 5) is 38.5. The van der Waals surface area contributed by atoms with Crippen molar-refractivity contribution in [2.24, 2.45) is 5.92 Å². The Hall–Kier alpha value is -3.00. The molecule has 0 bridgehead atoms. The van der Waals surface area contributed by atoms with Crippen LogP contribution in [0.2, 0.25) is 0 Å². The molecule has 0 spiro atoms. The Morgan fingerprint density at radius 2 is 1.76 bits per heavy atom. The van der Waals surface area contributed by atoms with Gasteiger partial charge in [-0.25, -0.2) is 4.79 Å². The summed E-state index contributed by atoms with van der Waals surface area (Å²) in [6, 6.07) is 15.6. The first-order valence-electron chi connectivity index (χ1n) is 11.6. The van der Waals surface area contributed by atoms with E-state index in [0.717, 1.165) is 22.3 Å². The number of carboxylic acids is 1. The highest BCUT2D eigenvalue weighted by molar-refractivity contribution is 7.98. The first-order valence-corrected chi connectivity index (χ1v) is 13.0. The first kappa shape index (κ1) is 24.1. The van der Waals surface area contributed by atoms with Crippen molar-refractivity contribution in [1.29, 1.82) is 0 Å². The van der Waals surface area contributed by atoms with Gasteiger partial charge in [-0.3, -0.25) is 9.59 Å². The number of thioether (sulfide) groups is 1. The number of benzene rings is 2. The monoisotopic (exact) mass is 482 g/mol. The van der Waals surface area contributed by atoms with Gasteiger partial charge >= 0.3 is 12.1 Å². The van der Waals surface area contributed by atoms with Gasteiger partial charge in [0.1, 0.15) is 12.6 Å². The van der Waals surface area contributed by atoms with E-state index < -0.39 is 18.1 Å². The van der Waals surface area contributed by atoms with Gasteiger partial charge in [0.05, 0.1) is 0 Å². The van der Waals surface area contributed by atoms with Crippen molar-refractivity contribution >= 4 is 29.7 Å². The van der Waals surface area contributed by atoms with E-state index in [2.05, 4.69) is 29.6 Å². The third kappa shape index (κ3) is 5.38. The number of carboxylic acid groups (broad SMARTS) is 1. The van der Waals surface area contributed by atoms with Gasteiger partial charge in [-0.1, -0.05) is 48.5 Å². The Kier molecular flexibility index (Phi) is 7.77. The van der Waals surface area contributed by atoms with Crippen LogP contribution in [0.1, 0.15) is 36.3 Å². The highest BCUT2D eigenvalue weighted by atomic mass is 32.2. The quantitative estimate of drug-likeness (QED) is 0.562. The Morgan fingerprint density at radius 3 is 2.38 bits per heavy atom. The summed E-state index contributed by atoms with van der Waals surface area (Å²) in [5.74, 6) is -0.400. The van der Waals surface area contributed by atoms with Gasteiger partial charge in [0.2, 0.25) is 5.91 Å². The van der Waals surface area contributed by atoms with Gasteiger partial charge in [0, 0.05) is 25.4 Å². The zero-order valence-electron chi connectivity index (χ0n) is 19.2. The van der Waals surface area contributed by atoms with Crippen LogP contribution in [0.15, 0.2) is 48.5 Å². The zero-order chi connectivity index (χ0) is 24.1. The third-order valence-corrected chi connectivity index (χ3v) is 7.25. The molecule has 1 unspecified atom stereocenters. The fraction of sp³-hybridized carbons (Fsp3) is 0.423. The zero-order valence-corrected chi connectivity index (χ0v) is 20.1. The number of likely N-dealkylation sites (tertiary alicyclic amines) is 1. The molecule has 7 nitrogen and oxygen atoms in total. The lowest BCUT2D eigenvalue weighted by Gasteiger charge is -2.24. The number of ether oxygens (including phenoxy) is 1. The first-order chi connectivity index (χ1) is 16.5. The van der Waals surface area contributed by atoms with E-state index in [-0.39, 0.29) is 30.8 Å². The highest BCUT2D eigenvalue weighted by Gasteiger charge is 2.33. The number of nitrogens with one attached hydrogen (secondary N) is 1. The normalized spacial score (nSPS) is 17.7. The van der Waals surface area contributed by atoms with Crippen molar-refractivity contribution in [3.63, 3.8) is 0 Å². The molecule has 2 aromatic rings. The smallest absolute Gasteiger partial charge is 0.407 e. The van der Waals surface area contributed by atoms with Crippen molar-refractivity contribution in [3.8, 4) is 11.1 Å². The molecule has 1 aliphatic carbocycles. The van der Waals surface area contributed by atoms with E-state index in [1.165, 1.54) is 0 Å². The Labute approximate surface area is 203 Å². The van der Waals surface area contributed by atoms with Crippen molar-refractivity contribution in [2.75, 3.05) is 31.7 Å². The minimum absolute atomic E-state index is 0.0443. The van der Waals surface area contributed by atoms with Crippen LogP contribution < -0.4 is 5.32 Å². The van der Waals surface area contributed by atoms with Gasteiger partial charge in [0.15, 0.2) is 0 Å². The van der Waals surface area contributed by atoms with Crippen LogP contribution in [-0.4, -0.2) is 65.7 Å². The highest BCUT2D eigenvalue weighted by Crippen LogP contribution is 2.44. The van der Waals surface area contributed by atoms with Crippen LogP contribution in [-0.2, 0) is 14.3 Å². The number of nitrogens with zero attached hydrogens (tertiary/aromatic N) is 1.